The highest BCUT2D eigenvalue weighted by atomic mass is 16.6. The molecule has 4 fully saturated rings. The van der Waals surface area contributed by atoms with Gasteiger partial charge < -0.3 is 34.8 Å². The lowest BCUT2D eigenvalue weighted by molar-refractivity contribution is -0.384. The summed E-state index contributed by atoms with van der Waals surface area (Å²) in [6, 6.07) is 14.7. The third kappa shape index (κ3) is 8.62. The molecule has 0 radical (unpaired) electrons. The molecule has 2 atom stereocenters. The van der Waals surface area contributed by atoms with Crippen molar-refractivity contribution in [2.24, 2.45) is 10.8 Å². The zero-order chi connectivity index (χ0) is 34.9. The van der Waals surface area contributed by atoms with E-state index < -0.39 is 11.2 Å². The summed E-state index contributed by atoms with van der Waals surface area (Å²) in [5.74, 6) is 0. The van der Waals surface area contributed by atoms with Gasteiger partial charge in [-0.05, 0) is 104 Å². The summed E-state index contributed by atoms with van der Waals surface area (Å²) in [5, 5.41) is 10.8. The van der Waals surface area contributed by atoms with E-state index in [1.54, 1.807) is 24.3 Å². The number of hydrogen-bond donors (Lipinski definition) is 1. The van der Waals surface area contributed by atoms with Crippen LogP contribution in [0.25, 0.3) is 0 Å². The number of nitrogens with zero attached hydrogens (tertiary/aromatic N) is 5. The van der Waals surface area contributed by atoms with Crippen LogP contribution in [0.3, 0.4) is 0 Å². The van der Waals surface area contributed by atoms with Gasteiger partial charge in [0.2, 0.25) is 0 Å². The first-order chi connectivity index (χ1) is 22.4. The molecule has 2 aromatic carbocycles. The summed E-state index contributed by atoms with van der Waals surface area (Å²) in [7, 11) is 0. The molecule has 2 spiro atoms. The predicted octanol–water partition coefficient (Wildman–Crippen LogP) is 6.54. The van der Waals surface area contributed by atoms with Crippen molar-refractivity contribution in [3.63, 3.8) is 0 Å². The fourth-order valence-corrected chi connectivity index (χ4v) is 7.28. The van der Waals surface area contributed by atoms with Crippen LogP contribution in [0.1, 0.15) is 67.2 Å². The average molecular weight is 665 g/mol. The molecule has 0 aliphatic carbocycles. The van der Waals surface area contributed by atoms with E-state index in [2.05, 4.69) is 21.9 Å². The van der Waals surface area contributed by atoms with Gasteiger partial charge in [0.25, 0.3) is 5.69 Å². The number of ether oxygens (including phenoxy) is 2. The van der Waals surface area contributed by atoms with Gasteiger partial charge in [-0.15, -0.1) is 0 Å². The minimum atomic E-state index is -0.479. The molecule has 0 bridgehead atoms. The Hall–Kier alpha value is -4.22. The second kappa shape index (κ2) is 13.4. The summed E-state index contributed by atoms with van der Waals surface area (Å²) < 4.78 is 11.0. The first kappa shape index (κ1) is 35.1. The molecule has 48 heavy (non-hydrogen) atoms. The molecule has 0 aromatic heterocycles. The van der Waals surface area contributed by atoms with Gasteiger partial charge >= 0.3 is 12.2 Å². The molecule has 2 aromatic rings. The minimum absolute atomic E-state index is 0.0959. The van der Waals surface area contributed by atoms with Crippen molar-refractivity contribution >= 4 is 34.9 Å². The van der Waals surface area contributed by atoms with Crippen LogP contribution in [0, 0.1) is 20.9 Å². The number of amides is 2. The van der Waals surface area contributed by atoms with E-state index in [0.717, 1.165) is 82.9 Å². The molecule has 4 aliphatic rings. The second-order valence-electron chi connectivity index (χ2n) is 16.0. The number of hydrogen-bond acceptors (Lipinski definition) is 9. The second-order valence-corrected chi connectivity index (χ2v) is 16.0. The Labute approximate surface area is 284 Å². The number of nitrogen functional groups attached to an aromatic ring is 1. The molecule has 2 amide bonds. The van der Waals surface area contributed by atoms with Crippen LogP contribution >= 0.6 is 0 Å². The Balaban J connectivity index is 0.000000188. The first-order valence-electron chi connectivity index (χ1n) is 17.0. The largest absolute Gasteiger partial charge is 0.444 e. The zero-order valence-electron chi connectivity index (χ0n) is 29.4. The lowest BCUT2D eigenvalue weighted by atomic mass is 9.86. The summed E-state index contributed by atoms with van der Waals surface area (Å²) in [6.45, 7) is 18.2. The Bertz CT molecular complexity index is 1470. The van der Waals surface area contributed by atoms with E-state index in [-0.39, 0.29) is 33.6 Å². The lowest BCUT2D eigenvalue weighted by Crippen LogP contribution is -2.37. The van der Waals surface area contributed by atoms with Crippen LogP contribution in [0.5, 0.6) is 0 Å². The van der Waals surface area contributed by atoms with Crippen LogP contribution in [0.2, 0.25) is 0 Å². The summed E-state index contributed by atoms with van der Waals surface area (Å²) in [4.78, 5) is 43.3. The maximum atomic E-state index is 12.3. The zero-order valence-corrected chi connectivity index (χ0v) is 29.4. The third-order valence-electron chi connectivity index (χ3n) is 9.74. The molecule has 262 valence electrons. The normalized spacial score (nSPS) is 23.9. The van der Waals surface area contributed by atoms with Crippen LogP contribution in [-0.2, 0) is 9.47 Å². The van der Waals surface area contributed by atoms with Crippen LogP contribution < -0.4 is 15.5 Å². The van der Waals surface area contributed by atoms with E-state index in [1.165, 1.54) is 5.69 Å². The molecular formula is C36H52N6O6. The van der Waals surface area contributed by atoms with Gasteiger partial charge in [0, 0.05) is 92.4 Å². The smallest absolute Gasteiger partial charge is 0.410 e. The number of carbonyl (C=O) groups is 2. The van der Waals surface area contributed by atoms with Gasteiger partial charge in [-0.3, -0.25) is 10.1 Å². The highest BCUT2D eigenvalue weighted by molar-refractivity contribution is 5.69. The van der Waals surface area contributed by atoms with Crippen LogP contribution in [-0.4, -0.2) is 90.5 Å². The Morgan fingerprint density at radius 2 is 1.04 bits per heavy atom. The number of rotatable bonds is 3. The Morgan fingerprint density at radius 3 is 1.42 bits per heavy atom. The molecular weight excluding hydrogens is 612 g/mol. The number of nitrogens with two attached hydrogens (primary N) is 1. The van der Waals surface area contributed by atoms with Crippen molar-refractivity contribution < 1.29 is 24.0 Å². The topological polar surface area (TPSA) is 135 Å². The molecule has 6 rings (SSSR count). The standard InChI is InChI=1S/C18H25N3O4.C18H27N3O2/c1-17(2,3)25-16(22)20-11-9-18(13-20)8-10-19(12-18)14-4-6-15(7-5-14)21(23)24;1-17(2,3)23-16(22)21-11-9-18(13-21)8-10-20(12-18)15-6-4-14(19)5-7-15/h4-7H,8-13H2,1-3H3;4-7H,8-13,19H2,1-3H3/t2*18-/m00/s1. The SMILES string of the molecule is CC(C)(C)OC(=O)N1CC[C@]2(CCN(c3ccc(N)cc3)C2)C1.CC(C)(C)OC(=O)N1CC[C@]2(CCN(c3ccc([N+](=O)[O-])cc3)C2)C1. The average Bonchev–Trinajstić information content (AvgIpc) is 3.81. The van der Waals surface area contributed by atoms with Crippen molar-refractivity contribution in [1.82, 2.24) is 9.80 Å². The summed E-state index contributed by atoms with van der Waals surface area (Å²) in [6.07, 6.45) is 3.74. The van der Waals surface area contributed by atoms with Crippen molar-refractivity contribution in [3.05, 3.63) is 58.6 Å². The maximum absolute atomic E-state index is 12.3. The van der Waals surface area contributed by atoms with Gasteiger partial charge in [-0.1, -0.05) is 0 Å². The van der Waals surface area contributed by atoms with E-state index in [9.17, 15) is 19.7 Å². The number of nitro groups is 1. The number of carbonyl (C=O) groups excluding carboxylic acids is 2. The van der Waals surface area contributed by atoms with Crippen molar-refractivity contribution in [3.8, 4) is 0 Å². The number of likely N-dealkylation sites (tertiary alicyclic amines) is 2. The predicted molar refractivity (Wildman–Crippen MR) is 187 cm³/mol. The van der Waals surface area contributed by atoms with Crippen molar-refractivity contribution in [1.29, 1.82) is 0 Å². The van der Waals surface area contributed by atoms with Crippen LogP contribution in [0.15, 0.2) is 48.5 Å². The highest BCUT2D eigenvalue weighted by Crippen LogP contribution is 2.43. The van der Waals surface area contributed by atoms with Crippen LogP contribution in [0.4, 0.5) is 32.3 Å². The lowest BCUT2D eigenvalue weighted by Gasteiger charge is -2.27. The number of nitro benzene ring substituents is 1. The number of benzene rings is 2. The Kier molecular flexibility index (Phi) is 9.76. The number of non-ortho nitro benzene ring substituents is 1. The fourth-order valence-electron chi connectivity index (χ4n) is 7.28. The Morgan fingerprint density at radius 1 is 0.667 bits per heavy atom. The van der Waals surface area contributed by atoms with Crippen molar-refractivity contribution in [2.75, 3.05) is 67.9 Å². The summed E-state index contributed by atoms with van der Waals surface area (Å²) in [5.41, 5.74) is 8.27. The van der Waals surface area contributed by atoms with Crippen molar-refractivity contribution in [2.45, 2.75) is 78.4 Å². The monoisotopic (exact) mass is 664 g/mol. The fraction of sp³-hybridized carbons (Fsp3) is 0.611. The van der Waals surface area contributed by atoms with E-state index >= 15 is 0 Å². The van der Waals surface area contributed by atoms with Gasteiger partial charge in [-0.25, -0.2) is 9.59 Å². The van der Waals surface area contributed by atoms with Gasteiger partial charge in [0.05, 0.1) is 4.92 Å². The molecule has 2 N–H and O–H groups in total. The molecule has 12 nitrogen and oxygen atoms in total. The minimum Gasteiger partial charge on any atom is -0.444 e. The number of anilines is 3. The molecule has 4 aliphatic heterocycles. The summed E-state index contributed by atoms with van der Waals surface area (Å²) >= 11 is 0. The molecule has 4 heterocycles. The van der Waals surface area contributed by atoms with E-state index in [1.807, 2.05) is 63.5 Å². The first-order valence-corrected chi connectivity index (χ1v) is 17.0. The molecule has 12 heteroatoms. The molecule has 0 unspecified atom stereocenters. The van der Waals surface area contributed by atoms with E-state index in [4.69, 9.17) is 15.2 Å². The van der Waals surface area contributed by atoms with Gasteiger partial charge in [0.15, 0.2) is 0 Å². The highest BCUT2D eigenvalue weighted by Gasteiger charge is 2.47. The van der Waals surface area contributed by atoms with E-state index in [0.29, 0.717) is 6.54 Å². The third-order valence-corrected chi connectivity index (χ3v) is 9.74. The van der Waals surface area contributed by atoms with Gasteiger partial charge in [0.1, 0.15) is 11.2 Å². The van der Waals surface area contributed by atoms with Gasteiger partial charge in [-0.2, -0.15) is 0 Å². The molecule has 4 saturated heterocycles. The quantitative estimate of drug-likeness (QED) is 0.221. The maximum Gasteiger partial charge on any atom is 0.410 e. The molecule has 0 saturated carbocycles.